The van der Waals surface area contributed by atoms with Crippen molar-refractivity contribution >= 4 is 21.3 Å². The van der Waals surface area contributed by atoms with E-state index in [-0.39, 0.29) is 0 Å². The van der Waals surface area contributed by atoms with Gasteiger partial charge in [0.25, 0.3) is 0 Å². The van der Waals surface area contributed by atoms with Crippen molar-refractivity contribution in [2.45, 2.75) is 0 Å². The molecule has 0 saturated heterocycles. The van der Waals surface area contributed by atoms with Gasteiger partial charge in [0, 0.05) is 0 Å². The Kier molecular flexibility index (Phi) is 1.17. The van der Waals surface area contributed by atoms with Crippen LogP contribution < -0.4 is 11.3 Å². The first-order chi connectivity index (χ1) is 3.30. The predicted octanol–water partition coefficient (Wildman–Crippen LogP) is -1.35. The topological polar surface area (TPSA) is 60.4 Å². The van der Waals surface area contributed by atoms with Gasteiger partial charge in [-0.15, -0.1) is 0 Å². The van der Waals surface area contributed by atoms with Crippen LogP contribution >= 0.6 is 0 Å². The molecule has 7 heavy (non-hydrogen) atoms. The van der Waals surface area contributed by atoms with E-state index in [0.717, 1.165) is 0 Å². The summed E-state index contributed by atoms with van der Waals surface area (Å²) in [6.07, 6.45) is 0. The molecule has 0 bridgehead atoms. The molecule has 0 aliphatic carbocycles. The Bertz CT molecular complexity index is 214. The van der Waals surface area contributed by atoms with Gasteiger partial charge in [-0.3, -0.25) is 0 Å². The van der Waals surface area contributed by atoms with E-state index in [4.69, 9.17) is 0 Å². The fraction of sp³-hybridized carbons (Fsp3) is 0. The monoisotopic (exact) mass is 218 g/mol. The molecule has 0 amide bonds. The van der Waals surface area contributed by atoms with Crippen LogP contribution in [0.3, 0.4) is 0 Å². The minimum absolute atomic E-state index is 0.845. The minimum atomic E-state index is -1.19. The molecular formula is C2O4Te. The zero-order valence-corrected chi connectivity index (χ0v) is 5.37. The summed E-state index contributed by atoms with van der Waals surface area (Å²) in [6.45, 7) is 0. The van der Waals surface area contributed by atoms with Crippen LogP contribution in [0.5, 0.6) is 0 Å². The second kappa shape index (κ2) is 1.68. The van der Waals surface area contributed by atoms with Gasteiger partial charge in [0.2, 0.25) is 0 Å². The van der Waals surface area contributed by atoms with E-state index in [2.05, 4.69) is 5.51 Å². The Balaban J connectivity index is 3.71. The molecule has 0 unspecified atom stereocenters. The van der Waals surface area contributed by atoms with Crippen LogP contribution in [0.4, 0.5) is 0 Å². The van der Waals surface area contributed by atoms with E-state index in [9.17, 15) is 9.59 Å². The first-order valence-corrected chi connectivity index (χ1v) is 3.30. The molecule has 0 radical (unpaired) electrons. The first kappa shape index (κ1) is 4.88. The summed E-state index contributed by atoms with van der Waals surface area (Å²) in [5, 5.41) is 0. The molecule has 0 aliphatic rings. The molecule has 0 fully saturated rings. The summed E-state index contributed by atoms with van der Waals surface area (Å²) < 4.78 is 8.37. The van der Waals surface area contributed by atoms with Gasteiger partial charge in [-0.1, -0.05) is 0 Å². The summed E-state index contributed by atoms with van der Waals surface area (Å²) in [6, 6.07) is 0. The van der Waals surface area contributed by atoms with Crippen LogP contribution in [-0.4, -0.2) is 21.3 Å². The van der Waals surface area contributed by atoms with Crippen molar-refractivity contribution in [3.05, 3.63) is 20.8 Å². The van der Waals surface area contributed by atoms with Gasteiger partial charge in [-0.2, -0.15) is 0 Å². The average molecular weight is 216 g/mol. The number of hydrogen-bond acceptors (Lipinski definition) is 4. The molecule has 1 aromatic heterocycles. The Hall–Kier alpha value is -0.270. The van der Waals surface area contributed by atoms with Crippen LogP contribution in [0, 0.1) is 0 Å². The molecule has 1 heterocycles. The van der Waals surface area contributed by atoms with Crippen LogP contribution in [0.1, 0.15) is 0 Å². The Morgan fingerprint density at radius 2 is 1.57 bits per heavy atom. The summed E-state index contributed by atoms with van der Waals surface area (Å²) in [5.41, 5.74) is -1.69. The molecule has 0 aliphatic heterocycles. The third-order valence-corrected chi connectivity index (χ3v) is 1.64. The zero-order chi connectivity index (χ0) is 5.28. The molecule has 0 aromatic carbocycles. The van der Waals surface area contributed by atoms with E-state index >= 15 is 0 Å². The Morgan fingerprint density at radius 1 is 1.14 bits per heavy atom. The molecule has 5 heteroatoms. The van der Waals surface area contributed by atoms with Gasteiger partial charge in [0.1, 0.15) is 0 Å². The van der Waals surface area contributed by atoms with Crippen LogP contribution in [0.25, 0.3) is 0 Å². The first-order valence-electron chi connectivity index (χ1n) is 1.40. The van der Waals surface area contributed by atoms with Gasteiger partial charge in [0.15, 0.2) is 0 Å². The van der Waals surface area contributed by atoms with Crippen LogP contribution in [0.2, 0.25) is 0 Å². The SMILES string of the molecule is O=c1o[te]oc1=O. The average Bonchev–Trinajstić information content (AvgIpc) is 1.91. The van der Waals surface area contributed by atoms with Crippen molar-refractivity contribution in [2.75, 3.05) is 0 Å². The molecule has 38 valence electrons. The van der Waals surface area contributed by atoms with Crippen molar-refractivity contribution in [3.8, 4) is 0 Å². The van der Waals surface area contributed by atoms with E-state index in [1.807, 2.05) is 0 Å². The fourth-order valence-corrected chi connectivity index (χ4v) is 0.985. The van der Waals surface area contributed by atoms with Gasteiger partial charge in [-0.05, 0) is 0 Å². The molecular weight excluding hydrogens is 216 g/mol. The third kappa shape index (κ3) is 0.842. The van der Waals surface area contributed by atoms with Crippen LogP contribution in [-0.2, 0) is 0 Å². The molecule has 4 nitrogen and oxygen atoms in total. The van der Waals surface area contributed by atoms with Gasteiger partial charge in [0.05, 0.1) is 0 Å². The quantitative estimate of drug-likeness (QED) is 0.397. The predicted molar refractivity (Wildman–Crippen MR) is 20.5 cm³/mol. The normalized spacial score (nSPS) is 9.14. The maximum atomic E-state index is 9.91. The molecule has 0 atom stereocenters. The van der Waals surface area contributed by atoms with E-state index in [1.54, 1.807) is 0 Å². The summed E-state index contributed by atoms with van der Waals surface area (Å²) in [5.74, 6) is 0. The summed E-state index contributed by atoms with van der Waals surface area (Å²) in [7, 11) is 0. The van der Waals surface area contributed by atoms with Crippen molar-refractivity contribution in [2.24, 2.45) is 0 Å². The fourth-order valence-electron chi connectivity index (χ4n) is 0.147. The number of hydrogen-bond donors (Lipinski definition) is 0. The number of rotatable bonds is 0. The Morgan fingerprint density at radius 3 is 1.71 bits per heavy atom. The zero-order valence-electron chi connectivity index (χ0n) is 3.04. The van der Waals surface area contributed by atoms with Crippen LogP contribution in [0.15, 0.2) is 15.1 Å². The molecule has 0 spiro atoms. The van der Waals surface area contributed by atoms with Crippen molar-refractivity contribution in [3.63, 3.8) is 0 Å². The Labute approximate surface area is 48.1 Å². The summed E-state index contributed by atoms with van der Waals surface area (Å²) in [4.78, 5) is 19.8. The van der Waals surface area contributed by atoms with Crippen molar-refractivity contribution < 1.29 is 5.51 Å². The second-order valence-electron chi connectivity index (χ2n) is 0.810. The molecule has 1 aromatic rings. The molecule has 1 rings (SSSR count). The summed E-state index contributed by atoms with van der Waals surface area (Å²) >= 11 is -1.19. The third-order valence-electron chi connectivity index (χ3n) is 0.386. The molecule has 0 N–H and O–H groups in total. The van der Waals surface area contributed by atoms with Crippen molar-refractivity contribution in [1.82, 2.24) is 0 Å². The maximum absolute atomic E-state index is 9.91. The second-order valence-corrected chi connectivity index (χ2v) is 2.15. The standard InChI is InChI=1S/C2O4Te/c3-1-2(4)6-7-5-1. The van der Waals surface area contributed by atoms with Gasteiger partial charge < -0.3 is 0 Å². The van der Waals surface area contributed by atoms with Crippen molar-refractivity contribution in [1.29, 1.82) is 0 Å². The van der Waals surface area contributed by atoms with Gasteiger partial charge in [-0.25, -0.2) is 0 Å². The van der Waals surface area contributed by atoms with E-state index in [0.29, 0.717) is 0 Å². The van der Waals surface area contributed by atoms with E-state index < -0.39 is 32.5 Å². The van der Waals surface area contributed by atoms with E-state index in [1.165, 1.54) is 0 Å². The molecule has 0 saturated carbocycles. The van der Waals surface area contributed by atoms with Gasteiger partial charge >= 0.3 is 47.7 Å².